The minimum absolute atomic E-state index is 0.0138. The van der Waals surface area contributed by atoms with Gasteiger partial charge in [0.15, 0.2) is 0 Å². The lowest BCUT2D eigenvalue weighted by Gasteiger charge is -2.11. The molecule has 0 aliphatic carbocycles. The van der Waals surface area contributed by atoms with Gasteiger partial charge in [0, 0.05) is 6.54 Å². The van der Waals surface area contributed by atoms with E-state index in [1.54, 1.807) is 0 Å². The molecule has 1 heterocycles. The van der Waals surface area contributed by atoms with Crippen molar-refractivity contribution < 1.29 is 9.53 Å². The molecular weight excluding hydrogens is 228 g/mol. The molecule has 0 saturated carbocycles. The third-order valence-electron chi connectivity index (χ3n) is 3.05. The molecule has 1 amide bonds. The highest BCUT2D eigenvalue weighted by Crippen LogP contribution is 2.13. The number of hydrogen-bond donors (Lipinski definition) is 2. The van der Waals surface area contributed by atoms with Crippen molar-refractivity contribution in [2.45, 2.75) is 32.4 Å². The summed E-state index contributed by atoms with van der Waals surface area (Å²) >= 11 is 0. The summed E-state index contributed by atoms with van der Waals surface area (Å²) in [5.41, 5.74) is 1.06. The maximum absolute atomic E-state index is 11.8. The van der Waals surface area contributed by atoms with Gasteiger partial charge in [0.05, 0.1) is 12.6 Å². The standard InChI is InChI=1S/C14H20N2O2/c1-2-18-12-6-3-5-11(9-12)10-16-14(17)13-7-4-8-15-13/h3,5-6,9,13,15H,2,4,7-8,10H2,1H3,(H,16,17)/t13-/m0/s1. The lowest BCUT2D eigenvalue weighted by Crippen LogP contribution is -2.39. The number of nitrogens with one attached hydrogen (secondary N) is 2. The van der Waals surface area contributed by atoms with Crippen molar-refractivity contribution in [1.82, 2.24) is 10.6 Å². The average Bonchev–Trinajstić information content (AvgIpc) is 2.91. The van der Waals surface area contributed by atoms with Gasteiger partial charge in [0.2, 0.25) is 5.91 Å². The van der Waals surface area contributed by atoms with Crippen molar-refractivity contribution in [2.24, 2.45) is 0 Å². The Kier molecular flexibility index (Phi) is 4.59. The third-order valence-corrected chi connectivity index (χ3v) is 3.05. The number of rotatable bonds is 5. The van der Waals surface area contributed by atoms with Crippen LogP contribution in [-0.2, 0) is 11.3 Å². The first-order chi connectivity index (χ1) is 8.79. The van der Waals surface area contributed by atoms with E-state index in [1.165, 1.54) is 0 Å². The number of carbonyl (C=O) groups is 1. The topological polar surface area (TPSA) is 50.4 Å². The summed E-state index contributed by atoms with van der Waals surface area (Å²) in [6.07, 6.45) is 2.02. The molecule has 4 heteroatoms. The summed E-state index contributed by atoms with van der Waals surface area (Å²) in [6.45, 7) is 4.11. The molecule has 1 aliphatic heterocycles. The van der Waals surface area contributed by atoms with Gasteiger partial charge in [-0.25, -0.2) is 0 Å². The summed E-state index contributed by atoms with van der Waals surface area (Å²) in [4.78, 5) is 11.8. The van der Waals surface area contributed by atoms with Crippen molar-refractivity contribution in [1.29, 1.82) is 0 Å². The van der Waals surface area contributed by atoms with Gasteiger partial charge in [-0.3, -0.25) is 4.79 Å². The average molecular weight is 248 g/mol. The summed E-state index contributed by atoms with van der Waals surface area (Å²) in [6, 6.07) is 7.81. The minimum atomic E-state index is -0.0138. The third kappa shape index (κ3) is 3.47. The van der Waals surface area contributed by atoms with Crippen LogP contribution in [-0.4, -0.2) is 25.1 Å². The van der Waals surface area contributed by atoms with Crippen molar-refractivity contribution in [3.63, 3.8) is 0 Å². The first kappa shape index (κ1) is 12.9. The zero-order valence-corrected chi connectivity index (χ0v) is 10.7. The maximum atomic E-state index is 11.8. The summed E-state index contributed by atoms with van der Waals surface area (Å²) in [7, 11) is 0. The Bertz CT molecular complexity index is 401. The summed E-state index contributed by atoms with van der Waals surface area (Å²) in [5.74, 6) is 0.942. The van der Waals surface area contributed by atoms with Crippen LogP contribution in [0.15, 0.2) is 24.3 Å². The molecule has 4 nitrogen and oxygen atoms in total. The molecule has 1 aliphatic rings. The van der Waals surface area contributed by atoms with Crippen LogP contribution < -0.4 is 15.4 Å². The van der Waals surface area contributed by atoms with Crippen molar-refractivity contribution in [2.75, 3.05) is 13.2 Å². The second kappa shape index (κ2) is 6.40. The Morgan fingerprint density at radius 1 is 1.56 bits per heavy atom. The molecule has 0 spiro atoms. The van der Waals surface area contributed by atoms with E-state index in [-0.39, 0.29) is 11.9 Å². The van der Waals surface area contributed by atoms with E-state index in [0.29, 0.717) is 13.2 Å². The van der Waals surface area contributed by atoms with E-state index in [2.05, 4.69) is 10.6 Å². The Labute approximate surface area is 108 Å². The number of carbonyl (C=O) groups excluding carboxylic acids is 1. The Hall–Kier alpha value is -1.55. The molecule has 2 N–H and O–H groups in total. The van der Waals surface area contributed by atoms with Crippen LogP contribution in [0, 0.1) is 0 Å². The van der Waals surface area contributed by atoms with Crippen LogP contribution in [0.25, 0.3) is 0 Å². The van der Waals surface area contributed by atoms with Gasteiger partial charge in [0.25, 0.3) is 0 Å². The highest BCUT2D eigenvalue weighted by atomic mass is 16.5. The van der Waals surface area contributed by atoms with E-state index in [1.807, 2.05) is 31.2 Å². The van der Waals surface area contributed by atoms with E-state index < -0.39 is 0 Å². The smallest absolute Gasteiger partial charge is 0.237 e. The predicted octanol–water partition coefficient (Wildman–Crippen LogP) is 1.45. The molecule has 2 rings (SSSR count). The zero-order valence-electron chi connectivity index (χ0n) is 10.7. The first-order valence-corrected chi connectivity index (χ1v) is 6.52. The first-order valence-electron chi connectivity index (χ1n) is 6.52. The highest BCUT2D eigenvalue weighted by molar-refractivity contribution is 5.81. The molecule has 98 valence electrons. The van der Waals surface area contributed by atoms with Gasteiger partial charge < -0.3 is 15.4 Å². The molecule has 18 heavy (non-hydrogen) atoms. The highest BCUT2D eigenvalue weighted by Gasteiger charge is 2.21. The van der Waals surface area contributed by atoms with Crippen molar-refractivity contribution >= 4 is 5.91 Å². The fourth-order valence-corrected chi connectivity index (χ4v) is 2.13. The number of hydrogen-bond acceptors (Lipinski definition) is 3. The van der Waals surface area contributed by atoms with Gasteiger partial charge in [-0.2, -0.15) is 0 Å². The van der Waals surface area contributed by atoms with Crippen LogP contribution in [0.2, 0.25) is 0 Å². The van der Waals surface area contributed by atoms with Gasteiger partial charge in [-0.05, 0) is 44.0 Å². The molecule has 1 fully saturated rings. The Morgan fingerprint density at radius 3 is 3.17 bits per heavy atom. The number of benzene rings is 1. The Morgan fingerprint density at radius 2 is 2.44 bits per heavy atom. The monoisotopic (exact) mass is 248 g/mol. The lowest BCUT2D eigenvalue weighted by molar-refractivity contribution is -0.122. The molecule has 1 aromatic rings. The molecule has 0 aromatic heterocycles. The Balaban J connectivity index is 1.85. The van der Waals surface area contributed by atoms with Gasteiger partial charge in [0.1, 0.15) is 5.75 Å². The van der Waals surface area contributed by atoms with Crippen LogP contribution in [0.5, 0.6) is 5.75 Å². The number of ether oxygens (including phenoxy) is 1. The van der Waals surface area contributed by atoms with Gasteiger partial charge in [-0.15, -0.1) is 0 Å². The normalized spacial score (nSPS) is 18.6. The van der Waals surface area contributed by atoms with Gasteiger partial charge in [-0.1, -0.05) is 12.1 Å². The quantitative estimate of drug-likeness (QED) is 0.829. The molecule has 0 unspecified atom stereocenters. The molecule has 1 atom stereocenters. The summed E-state index contributed by atoms with van der Waals surface area (Å²) in [5, 5.41) is 6.14. The van der Waals surface area contributed by atoms with Crippen molar-refractivity contribution in [3.05, 3.63) is 29.8 Å². The van der Waals surface area contributed by atoms with E-state index in [9.17, 15) is 4.79 Å². The molecule has 0 radical (unpaired) electrons. The molecule has 1 saturated heterocycles. The lowest BCUT2D eigenvalue weighted by atomic mass is 10.2. The van der Waals surface area contributed by atoms with Crippen molar-refractivity contribution in [3.8, 4) is 5.75 Å². The van der Waals surface area contributed by atoms with Crippen LogP contribution in [0.1, 0.15) is 25.3 Å². The number of amides is 1. The minimum Gasteiger partial charge on any atom is -0.494 e. The second-order valence-electron chi connectivity index (χ2n) is 4.45. The van der Waals surface area contributed by atoms with Crippen LogP contribution >= 0.6 is 0 Å². The van der Waals surface area contributed by atoms with Crippen LogP contribution in [0.3, 0.4) is 0 Å². The largest absolute Gasteiger partial charge is 0.494 e. The van der Waals surface area contributed by atoms with E-state index >= 15 is 0 Å². The maximum Gasteiger partial charge on any atom is 0.237 e. The molecular formula is C14H20N2O2. The molecule has 0 bridgehead atoms. The van der Waals surface area contributed by atoms with E-state index in [4.69, 9.17) is 4.74 Å². The van der Waals surface area contributed by atoms with E-state index in [0.717, 1.165) is 30.7 Å². The second-order valence-corrected chi connectivity index (χ2v) is 4.45. The van der Waals surface area contributed by atoms with Crippen LogP contribution in [0.4, 0.5) is 0 Å². The fourth-order valence-electron chi connectivity index (χ4n) is 2.13. The molecule has 1 aromatic carbocycles. The summed E-state index contributed by atoms with van der Waals surface area (Å²) < 4.78 is 5.43. The zero-order chi connectivity index (χ0) is 12.8. The predicted molar refractivity (Wildman–Crippen MR) is 70.5 cm³/mol. The SMILES string of the molecule is CCOc1cccc(CNC(=O)[C@@H]2CCCN2)c1. The fraction of sp³-hybridized carbons (Fsp3) is 0.500. The van der Waals surface area contributed by atoms with Gasteiger partial charge >= 0.3 is 0 Å².